The van der Waals surface area contributed by atoms with Crippen molar-refractivity contribution < 1.29 is 9.53 Å². The van der Waals surface area contributed by atoms with Crippen LogP contribution in [0.3, 0.4) is 0 Å². The SMILES string of the molecule is CCCCCCCCN(CCCCCCCC)CCC(=O)OC. The zero-order valence-electron chi connectivity index (χ0n) is 16.1. The van der Waals surface area contributed by atoms with Crippen molar-refractivity contribution in [2.45, 2.75) is 97.3 Å². The second-order valence-electron chi connectivity index (χ2n) is 6.70. The highest BCUT2D eigenvalue weighted by Gasteiger charge is 2.08. The van der Waals surface area contributed by atoms with E-state index in [9.17, 15) is 4.79 Å². The number of rotatable bonds is 17. The first-order valence-corrected chi connectivity index (χ1v) is 10.0. The second-order valence-corrected chi connectivity index (χ2v) is 6.70. The van der Waals surface area contributed by atoms with Gasteiger partial charge in [0.2, 0.25) is 0 Å². The van der Waals surface area contributed by atoms with E-state index < -0.39 is 0 Å². The van der Waals surface area contributed by atoms with Gasteiger partial charge in [0.1, 0.15) is 0 Å². The molecule has 0 aliphatic rings. The van der Waals surface area contributed by atoms with Crippen LogP contribution in [0.4, 0.5) is 0 Å². The van der Waals surface area contributed by atoms with Gasteiger partial charge in [0, 0.05) is 6.54 Å². The van der Waals surface area contributed by atoms with Crippen LogP contribution in [0.2, 0.25) is 0 Å². The number of unbranched alkanes of at least 4 members (excludes halogenated alkanes) is 10. The number of hydrogen-bond donors (Lipinski definition) is 0. The predicted molar refractivity (Wildman–Crippen MR) is 99.8 cm³/mol. The van der Waals surface area contributed by atoms with Crippen molar-refractivity contribution in [3.63, 3.8) is 0 Å². The van der Waals surface area contributed by atoms with Crippen LogP contribution in [-0.4, -0.2) is 37.6 Å². The van der Waals surface area contributed by atoms with Gasteiger partial charge in [0.25, 0.3) is 0 Å². The summed E-state index contributed by atoms with van der Waals surface area (Å²) in [5.74, 6) is -0.0825. The van der Waals surface area contributed by atoms with Gasteiger partial charge in [-0.1, -0.05) is 78.1 Å². The smallest absolute Gasteiger partial charge is 0.306 e. The van der Waals surface area contributed by atoms with E-state index in [1.807, 2.05) is 0 Å². The summed E-state index contributed by atoms with van der Waals surface area (Å²) in [6.07, 6.45) is 16.5. The fourth-order valence-electron chi connectivity index (χ4n) is 2.92. The molecule has 0 bridgehead atoms. The standard InChI is InChI=1S/C20H41NO2/c1-4-6-8-10-12-14-17-21(19-16-20(22)23-3)18-15-13-11-9-7-5-2/h4-19H2,1-3H3. The molecule has 0 saturated heterocycles. The third kappa shape index (κ3) is 16.1. The van der Waals surface area contributed by atoms with E-state index in [-0.39, 0.29) is 5.97 Å². The fraction of sp³-hybridized carbons (Fsp3) is 0.950. The molecule has 0 unspecified atom stereocenters. The minimum absolute atomic E-state index is 0.0825. The molecule has 0 aliphatic carbocycles. The molecule has 0 aromatic heterocycles. The van der Waals surface area contributed by atoms with Gasteiger partial charge in [-0.05, 0) is 25.9 Å². The lowest BCUT2D eigenvalue weighted by Gasteiger charge is -2.21. The van der Waals surface area contributed by atoms with Crippen LogP contribution in [0.1, 0.15) is 97.3 Å². The van der Waals surface area contributed by atoms with Crippen LogP contribution in [0.5, 0.6) is 0 Å². The molecule has 0 aliphatic heterocycles. The molecule has 0 fully saturated rings. The first-order valence-electron chi connectivity index (χ1n) is 10.0. The summed E-state index contributed by atoms with van der Waals surface area (Å²) < 4.78 is 4.77. The van der Waals surface area contributed by atoms with Crippen molar-refractivity contribution in [1.29, 1.82) is 0 Å². The molecule has 0 atom stereocenters. The van der Waals surface area contributed by atoms with Crippen molar-refractivity contribution in [2.24, 2.45) is 0 Å². The quantitative estimate of drug-likeness (QED) is 0.258. The molecule has 0 heterocycles. The molecular formula is C20H41NO2. The van der Waals surface area contributed by atoms with Gasteiger partial charge in [-0.25, -0.2) is 0 Å². The Morgan fingerprint density at radius 3 is 1.57 bits per heavy atom. The Morgan fingerprint density at radius 2 is 1.13 bits per heavy atom. The molecule has 0 N–H and O–H groups in total. The maximum Gasteiger partial charge on any atom is 0.306 e. The second kappa shape index (κ2) is 17.8. The van der Waals surface area contributed by atoms with Gasteiger partial charge < -0.3 is 9.64 Å². The van der Waals surface area contributed by atoms with Crippen LogP contribution >= 0.6 is 0 Å². The summed E-state index contributed by atoms with van der Waals surface area (Å²) in [7, 11) is 1.48. The molecule has 138 valence electrons. The Balaban J connectivity index is 3.82. The van der Waals surface area contributed by atoms with E-state index in [1.165, 1.54) is 84.2 Å². The summed E-state index contributed by atoms with van der Waals surface area (Å²) >= 11 is 0. The fourth-order valence-corrected chi connectivity index (χ4v) is 2.92. The lowest BCUT2D eigenvalue weighted by atomic mass is 10.1. The number of nitrogens with zero attached hydrogens (tertiary/aromatic N) is 1. The molecule has 23 heavy (non-hydrogen) atoms. The van der Waals surface area contributed by atoms with Crippen molar-refractivity contribution in [3.05, 3.63) is 0 Å². The molecular weight excluding hydrogens is 286 g/mol. The van der Waals surface area contributed by atoms with Gasteiger partial charge in [-0.3, -0.25) is 4.79 Å². The summed E-state index contributed by atoms with van der Waals surface area (Å²) in [4.78, 5) is 13.8. The van der Waals surface area contributed by atoms with Crippen molar-refractivity contribution in [1.82, 2.24) is 4.90 Å². The lowest BCUT2D eigenvalue weighted by Crippen LogP contribution is -2.29. The monoisotopic (exact) mass is 327 g/mol. The minimum Gasteiger partial charge on any atom is -0.469 e. The predicted octanol–water partition coefficient (Wildman–Crippen LogP) is 5.57. The highest BCUT2D eigenvalue weighted by atomic mass is 16.5. The molecule has 0 aromatic carbocycles. The van der Waals surface area contributed by atoms with E-state index in [1.54, 1.807) is 0 Å². The third-order valence-corrected chi connectivity index (χ3v) is 4.52. The Labute approximate surface area is 145 Å². The number of carbonyl (C=O) groups is 1. The average molecular weight is 328 g/mol. The zero-order valence-corrected chi connectivity index (χ0v) is 16.1. The lowest BCUT2D eigenvalue weighted by molar-refractivity contribution is -0.141. The van der Waals surface area contributed by atoms with Crippen molar-refractivity contribution in [3.8, 4) is 0 Å². The highest BCUT2D eigenvalue weighted by Crippen LogP contribution is 2.09. The topological polar surface area (TPSA) is 29.5 Å². The van der Waals surface area contributed by atoms with Gasteiger partial charge in [-0.15, -0.1) is 0 Å². The Kier molecular flexibility index (Phi) is 17.3. The molecule has 3 heteroatoms. The molecule has 0 aromatic rings. The molecule has 0 saturated carbocycles. The Bertz CT molecular complexity index is 240. The van der Waals surface area contributed by atoms with Crippen LogP contribution in [0.25, 0.3) is 0 Å². The Hall–Kier alpha value is -0.570. The number of hydrogen-bond acceptors (Lipinski definition) is 3. The average Bonchev–Trinajstić information content (AvgIpc) is 2.57. The van der Waals surface area contributed by atoms with Crippen molar-refractivity contribution in [2.75, 3.05) is 26.7 Å². The number of ether oxygens (including phenoxy) is 1. The van der Waals surface area contributed by atoms with Crippen LogP contribution < -0.4 is 0 Å². The summed E-state index contributed by atoms with van der Waals surface area (Å²) in [6, 6.07) is 0. The summed E-state index contributed by atoms with van der Waals surface area (Å²) in [5.41, 5.74) is 0. The number of carbonyl (C=O) groups excluding carboxylic acids is 1. The molecule has 0 radical (unpaired) electrons. The van der Waals surface area contributed by atoms with Gasteiger partial charge >= 0.3 is 5.97 Å². The van der Waals surface area contributed by atoms with E-state index >= 15 is 0 Å². The molecule has 0 spiro atoms. The highest BCUT2D eigenvalue weighted by molar-refractivity contribution is 5.69. The zero-order chi connectivity index (χ0) is 17.2. The summed E-state index contributed by atoms with van der Waals surface area (Å²) in [5, 5.41) is 0. The first-order chi connectivity index (χ1) is 11.2. The Morgan fingerprint density at radius 1 is 0.696 bits per heavy atom. The van der Waals surface area contributed by atoms with Crippen molar-refractivity contribution >= 4 is 5.97 Å². The van der Waals surface area contributed by atoms with Crippen LogP contribution in [-0.2, 0) is 9.53 Å². The number of esters is 1. The maximum absolute atomic E-state index is 11.4. The maximum atomic E-state index is 11.4. The number of methoxy groups -OCH3 is 1. The normalized spacial score (nSPS) is 11.1. The van der Waals surface area contributed by atoms with Gasteiger partial charge in [-0.2, -0.15) is 0 Å². The van der Waals surface area contributed by atoms with Crippen LogP contribution in [0, 0.1) is 0 Å². The van der Waals surface area contributed by atoms with E-state index in [2.05, 4.69) is 18.7 Å². The van der Waals surface area contributed by atoms with Crippen LogP contribution in [0.15, 0.2) is 0 Å². The first kappa shape index (κ1) is 22.4. The molecule has 0 rings (SSSR count). The molecule has 3 nitrogen and oxygen atoms in total. The van der Waals surface area contributed by atoms with E-state index in [0.29, 0.717) is 6.42 Å². The minimum atomic E-state index is -0.0825. The van der Waals surface area contributed by atoms with Gasteiger partial charge in [0.05, 0.1) is 13.5 Å². The van der Waals surface area contributed by atoms with E-state index in [4.69, 9.17) is 4.74 Å². The van der Waals surface area contributed by atoms with E-state index in [0.717, 1.165) is 19.6 Å². The van der Waals surface area contributed by atoms with Gasteiger partial charge in [0.15, 0.2) is 0 Å². The molecule has 0 amide bonds. The third-order valence-electron chi connectivity index (χ3n) is 4.52. The summed E-state index contributed by atoms with van der Waals surface area (Å²) in [6.45, 7) is 7.65. The largest absolute Gasteiger partial charge is 0.469 e.